The first-order valence-electron chi connectivity index (χ1n) is 8.86. The molecule has 0 unspecified atom stereocenters. The second-order valence-corrected chi connectivity index (χ2v) is 6.85. The van der Waals surface area contributed by atoms with Gasteiger partial charge in [0, 0.05) is 45.3 Å². The van der Waals surface area contributed by atoms with Gasteiger partial charge in [-0.3, -0.25) is 14.4 Å². The van der Waals surface area contributed by atoms with Crippen LogP contribution in [0.4, 0.5) is 0 Å². The summed E-state index contributed by atoms with van der Waals surface area (Å²) in [5.41, 5.74) is 2.62. The first-order chi connectivity index (χ1) is 11.8. The zero-order chi connectivity index (χ0) is 16.4. The highest BCUT2D eigenvalue weighted by molar-refractivity contribution is 5.77. The molecule has 3 heterocycles. The molecule has 2 aliphatic heterocycles. The Kier molecular flexibility index (Phi) is 4.34. The van der Waals surface area contributed by atoms with Crippen LogP contribution in [-0.2, 0) is 17.9 Å². The molecule has 0 saturated carbocycles. The molecule has 126 valence electrons. The van der Waals surface area contributed by atoms with E-state index >= 15 is 0 Å². The summed E-state index contributed by atoms with van der Waals surface area (Å²) in [7, 11) is 0. The summed E-state index contributed by atoms with van der Waals surface area (Å²) in [6, 6.07) is 13.1. The number of benzene rings is 1. The third kappa shape index (κ3) is 3.22. The third-order valence-corrected chi connectivity index (χ3v) is 5.11. The van der Waals surface area contributed by atoms with Gasteiger partial charge in [0.1, 0.15) is 0 Å². The maximum atomic E-state index is 11.8. The predicted octanol–water partition coefficient (Wildman–Crippen LogP) is 2.45. The number of hydrogen-bond acceptors (Lipinski definition) is 3. The topological polar surface area (TPSA) is 41.4 Å². The maximum absolute atomic E-state index is 11.8. The predicted molar refractivity (Wildman–Crippen MR) is 92.3 cm³/mol. The van der Waals surface area contributed by atoms with Crippen molar-refractivity contribution in [2.24, 2.45) is 0 Å². The standard InChI is InChI=1S/C19H24N4O/c24-19-7-4-11-22(19)12-9-18-15-21(13-16-5-2-1-3-6-16)14-17-8-10-20-23(17)18/h1-3,5-6,8,10,18H,4,7,9,11-15H2/t18-/m0/s1. The highest BCUT2D eigenvalue weighted by atomic mass is 16.2. The van der Waals surface area contributed by atoms with Crippen LogP contribution >= 0.6 is 0 Å². The normalized spacial score (nSPS) is 21.2. The molecular formula is C19H24N4O. The molecule has 0 spiro atoms. The quantitative estimate of drug-likeness (QED) is 0.848. The van der Waals surface area contributed by atoms with E-state index in [9.17, 15) is 4.79 Å². The summed E-state index contributed by atoms with van der Waals surface area (Å²) in [4.78, 5) is 16.3. The molecule has 1 aromatic heterocycles. The van der Waals surface area contributed by atoms with Crippen LogP contribution in [0.5, 0.6) is 0 Å². The Balaban J connectivity index is 1.44. The number of hydrogen-bond donors (Lipinski definition) is 0. The Bertz CT molecular complexity index is 696. The van der Waals surface area contributed by atoms with E-state index in [1.54, 1.807) is 0 Å². The van der Waals surface area contributed by atoms with E-state index < -0.39 is 0 Å². The van der Waals surface area contributed by atoms with Crippen LogP contribution in [0.1, 0.15) is 36.6 Å². The van der Waals surface area contributed by atoms with E-state index in [4.69, 9.17) is 0 Å². The van der Waals surface area contributed by atoms with E-state index in [0.29, 0.717) is 11.9 Å². The van der Waals surface area contributed by atoms with E-state index in [2.05, 4.69) is 51.1 Å². The smallest absolute Gasteiger partial charge is 0.222 e. The zero-order valence-electron chi connectivity index (χ0n) is 14.0. The number of likely N-dealkylation sites (tertiary alicyclic amines) is 1. The molecule has 0 bridgehead atoms. The van der Waals surface area contributed by atoms with Gasteiger partial charge in [-0.05, 0) is 24.5 Å². The lowest BCUT2D eigenvalue weighted by atomic mass is 10.1. The summed E-state index contributed by atoms with van der Waals surface area (Å²) in [6.45, 7) is 4.66. The molecule has 1 atom stereocenters. The van der Waals surface area contributed by atoms with Gasteiger partial charge in [-0.2, -0.15) is 5.10 Å². The molecule has 0 radical (unpaired) electrons. The fourth-order valence-corrected chi connectivity index (χ4v) is 3.89. The van der Waals surface area contributed by atoms with Crippen molar-refractivity contribution in [2.75, 3.05) is 19.6 Å². The monoisotopic (exact) mass is 324 g/mol. The van der Waals surface area contributed by atoms with Gasteiger partial charge in [0.2, 0.25) is 5.91 Å². The van der Waals surface area contributed by atoms with Crippen molar-refractivity contribution < 1.29 is 4.79 Å². The van der Waals surface area contributed by atoms with Crippen LogP contribution < -0.4 is 0 Å². The van der Waals surface area contributed by atoms with Crippen LogP contribution in [0.2, 0.25) is 0 Å². The highest BCUT2D eigenvalue weighted by Gasteiger charge is 2.27. The number of amides is 1. The first kappa shape index (κ1) is 15.4. The van der Waals surface area contributed by atoms with Gasteiger partial charge in [0.05, 0.1) is 11.7 Å². The van der Waals surface area contributed by atoms with Gasteiger partial charge in [-0.15, -0.1) is 0 Å². The van der Waals surface area contributed by atoms with Crippen LogP contribution in [0.15, 0.2) is 42.6 Å². The molecular weight excluding hydrogens is 300 g/mol. The largest absolute Gasteiger partial charge is 0.343 e. The lowest BCUT2D eigenvalue weighted by molar-refractivity contribution is -0.127. The minimum absolute atomic E-state index is 0.313. The molecule has 5 nitrogen and oxygen atoms in total. The first-order valence-corrected chi connectivity index (χ1v) is 8.86. The molecule has 2 aromatic rings. The summed E-state index contributed by atoms with van der Waals surface area (Å²) < 4.78 is 2.17. The fourth-order valence-electron chi connectivity index (χ4n) is 3.89. The van der Waals surface area contributed by atoms with Crippen molar-refractivity contribution in [3.8, 4) is 0 Å². The molecule has 4 rings (SSSR count). The van der Waals surface area contributed by atoms with Crippen LogP contribution in [0.25, 0.3) is 0 Å². The molecule has 1 fully saturated rings. The number of nitrogens with zero attached hydrogens (tertiary/aromatic N) is 4. The van der Waals surface area contributed by atoms with Gasteiger partial charge in [0.15, 0.2) is 0 Å². The van der Waals surface area contributed by atoms with E-state index in [1.807, 2.05) is 11.1 Å². The molecule has 24 heavy (non-hydrogen) atoms. The summed E-state index contributed by atoms with van der Waals surface area (Å²) in [5.74, 6) is 0.313. The van der Waals surface area contributed by atoms with E-state index in [-0.39, 0.29) is 0 Å². The number of carbonyl (C=O) groups excluding carboxylic acids is 1. The Morgan fingerprint density at radius 2 is 2.04 bits per heavy atom. The van der Waals surface area contributed by atoms with Crippen molar-refractivity contribution in [2.45, 2.75) is 38.4 Å². The molecule has 1 saturated heterocycles. The zero-order valence-corrected chi connectivity index (χ0v) is 14.0. The van der Waals surface area contributed by atoms with Crippen molar-refractivity contribution in [1.82, 2.24) is 19.6 Å². The minimum Gasteiger partial charge on any atom is -0.343 e. The van der Waals surface area contributed by atoms with Gasteiger partial charge in [0.25, 0.3) is 0 Å². The molecule has 1 aromatic carbocycles. The Morgan fingerprint density at radius 1 is 1.17 bits per heavy atom. The summed E-state index contributed by atoms with van der Waals surface area (Å²) in [5, 5.41) is 4.53. The van der Waals surface area contributed by atoms with E-state index in [1.165, 1.54) is 11.3 Å². The van der Waals surface area contributed by atoms with E-state index in [0.717, 1.165) is 52.0 Å². The summed E-state index contributed by atoms with van der Waals surface area (Å²) >= 11 is 0. The lowest BCUT2D eigenvalue weighted by Crippen LogP contribution is -2.39. The number of carbonyl (C=O) groups is 1. The van der Waals surface area contributed by atoms with Crippen LogP contribution in [0.3, 0.4) is 0 Å². The number of rotatable bonds is 5. The second kappa shape index (κ2) is 6.77. The highest BCUT2D eigenvalue weighted by Crippen LogP contribution is 2.25. The van der Waals surface area contributed by atoms with Crippen LogP contribution in [0, 0.1) is 0 Å². The average Bonchev–Trinajstić information content (AvgIpc) is 3.22. The Hall–Kier alpha value is -2.14. The average molecular weight is 324 g/mol. The molecule has 1 amide bonds. The maximum Gasteiger partial charge on any atom is 0.222 e. The van der Waals surface area contributed by atoms with Crippen LogP contribution in [-0.4, -0.2) is 45.1 Å². The van der Waals surface area contributed by atoms with Gasteiger partial charge in [-0.1, -0.05) is 30.3 Å². The Labute approximate surface area is 142 Å². The fraction of sp³-hybridized carbons (Fsp3) is 0.474. The minimum atomic E-state index is 0.313. The summed E-state index contributed by atoms with van der Waals surface area (Å²) in [6.07, 6.45) is 4.61. The lowest BCUT2D eigenvalue weighted by Gasteiger charge is -2.34. The van der Waals surface area contributed by atoms with Crippen molar-refractivity contribution in [3.63, 3.8) is 0 Å². The molecule has 0 N–H and O–H groups in total. The van der Waals surface area contributed by atoms with Crippen molar-refractivity contribution in [3.05, 3.63) is 53.9 Å². The van der Waals surface area contributed by atoms with Crippen molar-refractivity contribution >= 4 is 5.91 Å². The van der Waals surface area contributed by atoms with Crippen molar-refractivity contribution in [1.29, 1.82) is 0 Å². The van der Waals surface area contributed by atoms with Gasteiger partial charge in [-0.25, -0.2) is 0 Å². The molecule has 0 aliphatic carbocycles. The SMILES string of the molecule is O=C1CCCN1CC[C@H]1CN(Cc2ccccc2)Cc2ccnn21. The number of fused-ring (bicyclic) bond motifs is 1. The van der Waals surface area contributed by atoms with Gasteiger partial charge >= 0.3 is 0 Å². The second-order valence-electron chi connectivity index (χ2n) is 6.85. The number of aromatic nitrogens is 2. The molecule has 5 heteroatoms. The third-order valence-electron chi connectivity index (χ3n) is 5.11. The Morgan fingerprint density at radius 3 is 2.83 bits per heavy atom. The van der Waals surface area contributed by atoms with Gasteiger partial charge < -0.3 is 4.90 Å². The molecule has 2 aliphatic rings.